The highest BCUT2D eigenvalue weighted by atomic mass is 32.1. The van der Waals surface area contributed by atoms with Gasteiger partial charge < -0.3 is 16.0 Å². The normalized spacial score (nSPS) is 14.2. The number of hydrogen-bond donors (Lipinski definition) is 2. The van der Waals surface area contributed by atoms with E-state index in [1.165, 1.54) is 49.4 Å². The minimum atomic E-state index is -0.512. The monoisotopic (exact) mass is 410 g/mol. The van der Waals surface area contributed by atoms with Gasteiger partial charge >= 0.3 is 0 Å². The van der Waals surface area contributed by atoms with Crippen LogP contribution in [0.5, 0.6) is 0 Å². The van der Waals surface area contributed by atoms with Crippen LogP contribution >= 0.6 is 11.3 Å². The number of halogens is 1. The van der Waals surface area contributed by atoms with Crippen LogP contribution < -0.4 is 11.1 Å². The number of primary amides is 1. The maximum Gasteiger partial charge on any atom is 0.251 e. The van der Waals surface area contributed by atoms with Gasteiger partial charge in [-0.05, 0) is 61.8 Å². The molecule has 0 spiro atoms. The highest BCUT2D eigenvalue weighted by Gasteiger charge is 2.16. The summed E-state index contributed by atoms with van der Waals surface area (Å²) in [5.41, 5.74) is 7.82. The smallest absolute Gasteiger partial charge is 0.251 e. The average molecular weight is 411 g/mol. The van der Waals surface area contributed by atoms with Crippen molar-refractivity contribution >= 4 is 28.1 Å². The lowest BCUT2D eigenvalue weighted by atomic mass is 10.1. The minimum Gasteiger partial charge on any atom is -0.366 e. The van der Waals surface area contributed by atoms with Crippen LogP contribution in [0.15, 0.2) is 48.5 Å². The first-order valence-electron chi connectivity index (χ1n) is 9.73. The molecule has 3 aromatic rings. The molecular formula is C22H23FN4OS. The molecule has 0 saturated carbocycles. The average Bonchev–Trinajstić information content (AvgIpc) is 3.37. The van der Waals surface area contributed by atoms with Crippen molar-refractivity contribution in [3.05, 3.63) is 65.6 Å². The van der Waals surface area contributed by atoms with Gasteiger partial charge in [0.1, 0.15) is 16.6 Å². The van der Waals surface area contributed by atoms with Crippen LogP contribution in [0.2, 0.25) is 0 Å². The summed E-state index contributed by atoms with van der Waals surface area (Å²) in [5.74, 6) is -0.130. The molecule has 3 N–H and O–H groups in total. The predicted octanol–water partition coefficient (Wildman–Crippen LogP) is 4.43. The van der Waals surface area contributed by atoms with Crippen molar-refractivity contribution < 1.29 is 9.18 Å². The molecule has 1 aromatic carbocycles. The fourth-order valence-corrected chi connectivity index (χ4v) is 4.58. The summed E-state index contributed by atoms with van der Waals surface area (Å²) in [6.07, 6.45) is 3.45. The fourth-order valence-electron chi connectivity index (χ4n) is 3.51. The molecule has 150 valence electrons. The summed E-state index contributed by atoms with van der Waals surface area (Å²) in [4.78, 5) is 19.9. The van der Waals surface area contributed by atoms with Crippen molar-refractivity contribution in [1.82, 2.24) is 9.88 Å². The number of thiophene rings is 1. The molecule has 0 unspecified atom stereocenters. The Morgan fingerprint density at radius 3 is 2.66 bits per heavy atom. The van der Waals surface area contributed by atoms with E-state index in [0.717, 1.165) is 29.1 Å². The lowest BCUT2D eigenvalue weighted by molar-refractivity contribution is 0.100. The lowest BCUT2D eigenvalue weighted by Crippen LogP contribution is -2.22. The van der Waals surface area contributed by atoms with Gasteiger partial charge in [-0.1, -0.05) is 18.2 Å². The summed E-state index contributed by atoms with van der Waals surface area (Å²) in [6.45, 7) is 3.35. The molecule has 7 heteroatoms. The third-order valence-electron chi connectivity index (χ3n) is 5.06. The number of nitrogens with zero attached hydrogens (tertiary/aromatic N) is 2. The number of nitrogens with one attached hydrogen (secondary N) is 1. The molecule has 1 amide bonds. The number of nitrogens with two attached hydrogens (primary N) is 1. The van der Waals surface area contributed by atoms with Gasteiger partial charge in [-0.15, -0.1) is 11.3 Å². The molecular weight excluding hydrogens is 387 g/mol. The Kier molecular flexibility index (Phi) is 5.87. The van der Waals surface area contributed by atoms with Crippen LogP contribution in [0.3, 0.4) is 0 Å². The van der Waals surface area contributed by atoms with E-state index in [-0.39, 0.29) is 5.82 Å². The molecule has 5 nitrogen and oxygen atoms in total. The van der Waals surface area contributed by atoms with Gasteiger partial charge in [-0.2, -0.15) is 0 Å². The molecule has 0 bridgehead atoms. The molecule has 1 saturated heterocycles. The second kappa shape index (κ2) is 8.71. The molecule has 1 aliphatic rings. The van der Waals surface area contributed by atoms with Gasteiger partial charge in [0, 0.05) is 23.5 Å². The van der Waals surface area contributed by atoms with E-state index >= 15 is 0 Å². The first kappa shape index (κ1) is 19.5. The predicted molar refractivity (Wildman–Crippen MR) is 115 cm³/mol. The zero-order valence-electron chi connectivity index (χ0n) is 16.0. The Hall–Kier alpha value is -2.77. The van der Waals surface area contributed by atoms with Crippen molar-refractivity contribution in [2.24, 2.45) is 5.73 Å². The van der Waals surface area contributed by atoms with Crippen LogP contribution in [0.25, 0.3) is 10.4 Å². The largest absolute Gasteiger partial charge is 0.366 e. The topological polar surface area (TPSA) is 71.2 Å². The van der Waals surface area contributed by atoms with Crippen molar-refractivity contribution in [1.29, 1.82) is 0 Å². The highest BCUT2D eigenvalue weighted by molar-refractivity contribution is 7.19. The summed E-state index contributed by atoms with van der Waals surface area (Å²) in [6, 6.07) is 13.8. The molecule has 3 heterocycles. The number of aromatic nitrogens is 1. The summed E-state index contributed by atoms with van der Waals surface area (Å²) in [7, 11) is 0. The number of hydrogen-bond acceptors (Lipinski definition) is 5. The standard InChI is InChI=1S/C22H23FN4OS/c23-16-8-6-15(7-9-16)19-14-18(21(24)28)22(29-19)26-20-5-3-4-17(25-20)10-13-27-11-1-2-12-27/h3-9,14H,1-2,10-13H2,(H2,24,28)(H,25,26). The van der Waals surface area contributed by atoms with Crippen LogP contribution in [-0.4, -0.2) is 35.4 Å². The number of benzene rings is 1. The third-order valence-corrected chi connectivity index (χ3v) is 6.16. The summed E-state index contributed by atoms with van der Waals surface area (Å²) < 4.78 is 13.2. The Labute approximate surface area is 173 Å². The number of pyridine rings is 1. The van der Waals surface area contributed by atoms with Crippen LogP contribution in [0.4, 0.5) is 15.2 Å². The van der Waals surface area contributed by atoms with E-state index in [9.17, 15) is 9.18 Å². The maximum absolute atomic E-state index is 13.2. The second-order valence-corrected chi connectivity index (χ2v) is 8.21. The molecule has 0 radical (unpaired) electrons. The molecule has 1 fully saturated rings. The number of rotatable bonds is 7. The van der Waals surface area contributed by atoms with Crippen LogP contribution in [0, 0.1) is 5.82 Å². The minimum absolute atomic E-state index is 0.297. The van der Waals surface area contributed by atoms with Crippen LogP contribution in [0.1, 0.15) is 28.9 Å². The van der Waals surface area contributed by atoms with Crippen molar-refractivity contribution in [2.75, 3.05) is 25.0 Å². The molecule has 0 atom stereocenters. The zero-order valence-corrected chi connectivity index (χ0v) is 16.8. The quantitative estimate of drug-likeness (QED) is 0.604. The third kappa shape index (κ3) is 4.81. The van der Waals surface area contributed by atoms with Crippen molar-refractivity contribution in [2.45, 2.75) is 19.3 Å². The van der Waals surface area contributed by atoms with E-state index in [1.807, 2.05) is 18.2 Å². The van der Waals surface area contributed by atoms with Gasteiger partial charge in [0.25, 0.3) is 5.91 Å². The van der Waals surface area contributed by atoms with Crippen LogP contribution in [-0.2, 0) is 6.42 Å². The molecule has 0 aliphatic carbocycles. The first-order chi connectivity index (χ1) is 14.1. The van der Waals surface area contributed by atoms with E-state index in [2.05, 4.69) is 10.2 Å². The van der Waals surface area contributed by atoms with Gasteiger partial charge in [0.2, 0.25) is 0 Å². The molecule has 4 rings (SSSR count). The maximum atomic E-state index is 13.2. The number of amides is 1. The SMILES string of the molecule is NC(=O)c1cc(-c2ccc(F)cc2)sc1Nc1cccc(CCN2CCCC2)n1. The Bertz CT molecular complexity index is 996. The van der Waals surface area contributed by atoms with Gasteiger partial charge in [-0.3, -0.25) is 4.79 Å². The van der Waals surface area contributed by atoms with E-state index < -0.39 is 5.91 Å². The number of carbonyl (C=O) groups is 1. The van der Waals surface area contributed by atoms with Gasteiger partial charge in [-0.25, -0.2) is 9.37 Å². The summed E-state index contributed by atoms with van der Waals surface area (Å²) in [5, 5.41) is 3.88. The van der Waals surface area contributed by atoms with E-state index in [1.54, 1.807) is 18.2 Å². The highest BCUT2D eigenvalue weighted by Crippen LogP contribution is 2.36. The number of likely N-dealkylation sites (tertiary alicyclic amines) is 1. The Morgan fingerprint density at radius 2 is 1.93 bits per heavy atom. The van der Waals surface area contributed by atoms with Gasteiger partial charge in [0.15, 0.2) is 0 Å². The molecule has 29 heavy (non-hydrogen) atoms. The second-order valence-electron chi connectivity index (χ2n) is 7.16. The first-order valence-corrected chi connectivity index (χ1v) is 10.5. The Morgan fingerprint density at radius 1 is 1.17 bits per heavy atom. The van der Waals surface area contributed by atoms with Crippen molar-refractivity contribution in [3.8, 4) is 10.4 Å². The molecule has 2 aromatic heterocycles. The number of carbonyl (C=O) groups excluding carboxylic acids is 1. The Balaban J connectivity index is 1.53. The van der Waals surface area contributed by atoms with Gasteiger partial charge in [0.05, 0.1) is 5.56 Å². The van der Waals surface area contributed by atoms with E-state index in [0.29, 0.717) is 16.4 Å². The lowest BCUT2D eigenvalue weighted by Gasteiger charge is -2.14. The summed E-state index contributed by atoms with van der Waals surface area (Å²) >= 11 is 1.40. The number of anilines is 2. The van der Waals surface area contributed by atoms with Crippen molar-refractivity contribution in [3.63, 3.8) is 0 Å². The van der Waals surface area contributed by atoms with E-state index in [4.69, 9.17) is 10.7 Å². The molecule has 1 aliphatic heterocycles. The zero-order chi connectivity index (χ0) is 20.2. The fraction of sp³-hybridized carbons (Fsp3) is 0.273.